The maximum absolute atomic E-state index is 10.9. The third-order valence-electron chi connectivity index (χ3n) is 1.20. The molecule has 0 spiro atoms. The van der Waals surface area contributed by atoms with Crippen LogP contribution in [0.4, 0.5) is 4.79 Å². The summed E-state index contributed by atoms with van der Waals surface area (Å²) in [7, 11) is 0. The number of amides is 1. The van der Waals surface area contributed by atoms with Crippen molar-refractivity contribution < 1.29 is 14.3 Å². The molecule has 4 nitrogen and oxygen atoms in total. The Morgan fingerprint density at radius 2 is 1.69 bits per heavy atom. The molecular formula is C8H8NNaO3. The van der Waals surface area contributed by atoms with Crippen molar-refractivity contribution in [3.8, 4) is 0 Å². The summed E-state index contributed by atoms with van der Waals surface area (Å²) in [6.07, 6.45) is -1.09. The van der Waals surface area contributed by atoms with E-state index in [1.807, 2.05) is 0 Å². The van der Waals surface area contributed by atoms with Crippen LogP contribution < -0.4 is 5.73 Å². The van der Waals surface area contributed by atoms with Gasteiger partial charge in [-0.15, -0.1) is 0 Å². The Labute approximate surface area is 97.4 Å². The average Bonchev–Trinajstić information content (AvgIpc) is 2.05. The molecule has 0 aliphatic heterocycles. The summed E-state index contributed by atoms with van der Waals surface area (Å²) in [5.74, 6) is -0.733. The van der Waals surface area contributed by atoms with E-state index >= 15 is 0 Å². The molecule has 0 saturated heterocycles. The van der Waals surface area contributed by atoms with Crippen LogP contribution in [0.5, 0.6) is 0 Å². The first-order valence-electron chi connectivity index (χ1n) is 3.27. The van der Waals surface area contributed by atoms with E-state index < -0.39 is 12.1 Å². The van der Waals surface area contributed by atoms with E-state index in [0.29, 0.717) is 5.56 Å². The number of benzene rings is 1. The van der Waals surface area contributed by atoms with Crippen LogP contribution in [-0.4, -0.2) is 41.6 Å². The van der Waals surface area contributed by atoms with Crippen LogP contribution in [0.25, 0.3) is 0 Å². The zero-order valence-electron chi connectivity index (χ0n) is 6.19. The van der Waals surface area contributed by atoms with Crippen molar-refractivity contribution >= 4 is 41.6 Å². The quantitative estimate of drug-likeness (QED) is 0.391. The van der Waals surface area contributed by atoms with Crippen molar-refractivity contribution in [2.24, 2.45) is 5.73 Å². The van der Waals surface area contributed by atoms with E-state index in [1.165, 1.54) is 12.1 Å². The van der Waals surface area contributed by atoms with Gasteiger partial charge in [-0.1, -0.05) is 18.2 Å². The number of carbonyl (C=O) groups excluding carboxylic acids is 2. The van der Waals surface area contributed by atoms with Gasteiger partial charge in [0.15, 0.2) is 0 Å². The Kier molecular flexibility index (Phi) is 5.37. The van der Waals surface area contributed by atoms with Gasteiger partial charge in [-0.25, -0.2) is 9.59 Å². The van der Waals surface area contributed by atoms with Gasteiger partial charge < -0.3 is 10.5 Å². The second-order valence-corrected chi connectivity index (χ2v) is 2.07. The van der Waals surface area contributed by atoms with Crippen LogP contribution in [0.1, 0.15) is 10.4 Å². The second kappa shape index (κ2) is 5.75. The van der Waals surface area contributed by atoms with Gasteiger partial charge in [0.2, 0.25) is 0 Å². The predicted octanol–water partition coefficient (Wildman–Crippen LogP) is 0.274. The fourth-order valence-electron chi connectivity index (χ4n) is 0.725. The third kappa shape index (κ3) is 4.07. The van der Waals surface area contributed by atoms with E-state index in [9.17, 15) is 9.59 Å². The van der Waals surface area contributed by atoms with Crippen LogP contribution in [0.3, 0.4) is 0 Å². The first-order chi connectivity index (χ1) is 5.70. The van der Waals surface area contributed by atoms with Gasteiger partial charge in [0.05, 0.1) is 5.56 Å². The molecule has 0 radical (unpaired) electrons. The molecule has 0 atom stereocenters. The summed E-state index contributed by atoms with van der Waals surface area (Å²) >= 11 is 0. The van der Waals surface area contributed by atoms with E-state index in [1.54, 1.807) is 18.2 Å². The number of nitrogens with two attached hydrogens (primary N) is 1. The zero-order valence-corrected chi connectivity index (χ0v) is 6.19. The van der Waals surface area contributed by atoms with Crippen molar-refractivity contribution in [1.82, 2.24) is 0 Å². The number of carbonyl (C=O) groups is 2. The van der Waals surface area contributed by atoms with Crippen LogP contribution in [0.15, 0.2) is 30.3 Å². The first kappa shape index (κ1) is 12.2. The van der Waals surface area contributed by atoms with Crippen molar-refractivity contribution in [3.63, 3.8) is 0 Å². The van der Waals surface area contributed by atoms with Crippen molar-refractivity contribution in [1.29, 1.82) is 0 Å². The number of hydrogen-bond donors (Lipinski definition) is 1. The molecule has 1 aromatic carbocycles. The van der Waals surface area contributed by atoms with Crippen molar-refractivity contribution in [2.45, 2.75) is 0 Å². The Morgan fingerprint density at radius 3 is 2.15 bits per heavy atom. The molecule has 0 fully saturated rings. The monoisotopic (exact) mass is 189 g/mol. The summed E-state index contributed by atoms with van der Waals surface area (Å²) < 4.78 is 4.14. The molecule has 1 rings (SSSR count). The minimum absolute atomic E-state index is 0. The topological polar surface area (TPSA) is 69.4 Å². The number of primary amides is 1. The van der Waals surface area contributed by atoms with E-state index in [4.69, 9.17) is 0 Å². The molecule has 0 aromatic heterocycles. The van der Waals surface area contributed by atoms with Crippen LogP contribution in [-0.2, 0) is 4.74 Å². The van der Waals surface area contributed by atoms with Gasteiger partial charge in [0.25, 0.3) is 0 Å². The second-order valence-electron chi connectivity index (χ2n) is 2.07. The van der Waals surface area contributed by atoms with Gasteiger partial charge in [0, 0.05) is 0 Å². The molecule has 0 aliphatic rings. The average molecular weight is 189 g/mol. The number of esters is 1. The summed E-state index contributed by atoms with van der Waals surface area (Å²) in [4.78, 5) is 21.1. The Hall–Kier alpha value is -0.840. The van der Waals surface area contributed by atoms with Crippen LogP contribution >= 0.6 is 0 Å². The molecule has 0 aliphatic carbocycles. The Bertz CT molecular complexity index is 300. The molecule has 64 valence electrons. The molecule has 13 heavy (non-hydrogen) atoms. The molecule has 0 heterocycles. The van der Waals surface area contributed by atoms with E-state index in [-0.39, 0.29) is 29.6 Å². The van der Waals surface area contributed by atoms with Gasteiger partial charge in [0.1, 0.15) is 0 Å². The SMILES string of the molecule is NC(=O)OC(=O)c1ccccc1.[NaH]. The molecular weight excluding hydrogens is 181 g/mol. The molecule has 5 heteroatoms. The summed E-state index contributed by atoms with van der Waals surface area (Å²) in [6.45, 7) is 0. The molecule has 0 unspecified atom stereocenters. The van der Waals surface area contributed by atoms with Crippen LogP contribution in [0, 0.1) is 0 Å². The van der Waals surface area contributed by atoms with Crippen LogP contribution in [0.2, 0.25) is 0 Å². The molecule has 2 N–H and O–H groups in total. The van der Waals surface area contributed by atoms with Gasteiger partial charge in [-0.05, 0) is 12.1 Å². The molecule has 1 amide bonds. The summed E-state index contributed by atoms with van der Waals surface area (Å²) in [5.41, 5.74) is 4.95. The normalized spacial score (nSPS) is 8.31. The third-order valence-corrected chi connectivity index (χ3v) is 1.20. The van der Waals surface area contributed by atoms with Gasteiger partial charge in [-0.3, -0.25) is 0 Å². The molecule has 0 bridgehead atoms. The zero-order chi connectivity index (χ0) is 8.97. The van der Waals surface area contributed by atoms with Gasteiger partial charge >= 0.3 is 41.6 Å². The summed E-state index contributed by atoms with van der Waals surface area (Å²) in [5, 5.41) is 0. The number of ether oxygens (including phenoxy) is 1. The number of hydrogen-bond acceptors (Lipinski definition) is 3. The molecule has 1 aromatic rings. The van der Waals surface area contributed by atoms with Crippen molar-refractivity contribution in [2.75, 3.05) is 0 Å². The van der Waals surface area contributed by atoms with E-state index in [0.717, 1.165) is 0 Å². The predicted molar refractivity (Wildman–Crippen MR) is 48.6 cm³/mol. The minimum atomic E-state index is -1.09. The Balaban J connectivity index is 0.00000144. The first-order valence-corrected chi connectivity index (χ1v) is 3.27. The Morgan fingerprint density at radius 1 is 1.15 bits per heavy atom. The van der Waals surface area contributed by atoms with Crippen molar-refractivity contribution in [3.05, 3.63) is 35.9 Å². The fraction of sp³-hybridized carbons (Fsp3) is 0. The number of rotatable bonds is 1. The van der Waals surface area contributed by atoms with E-state index in [2.05, 4.69) is 10.5 Å². The standard InChI is InChI=1S/C8H7NO3.Na.H/c9-8(11)12-7(10)6-4-2-1-3-5-6;;/h1-5H,(H2,9,11);;. The maximum atomic E-state index is 10.9. The summed E-state index contributed by atoms with van der Waals surface area (Å²) in [6, 6.07) is 8.15. The fourth-order valence-corrected chi connectivity index (χ4v) is 0.725. The molecule has 0 saturated carbocycles. The van der Waals surface area contributed by atoms with Gasteiger partial charge in [-0.2, -0.15) is 0 Å².